The zero-order chi connectivity index (χ0) is 29.6. The number of anilines is 1. The van der Waals surface area contributed by atoms with E-state index in [0.29, 0.717) is 15.9 Å². The summed E-state index contributed by atoms with van der Waals surface area (Å²) in [6.07, 6.45) is 0. The molecule has 2 amide bonds. The molecule has 1 atom stereocenters. The normalized spacial score (nSPS) is 12.1. The first-order valence-corrected chi connectivity index (χ1v) is 15.6. The van der Waals surface area contributed by atoms with E-state index in [4.69, 9.17) is 4.74 Å². The number of carbonyl (C=O) groups is 2. The number of amides is 2. The molecule has 3 aromatic carbocycles. The lowest BCUT2D eigenvalue weighted by Crippen LogP contribution is -2.52. The lowest BCUT2D eigenvalue weighted by atomic mass is 10.1. The fourth-order valence-corrected chi connectivity index (χ4v) is 6.35. The number of halogens is 2. The van der Waals surface area contributed by atoms with Gasteiger partial charge in [0.05, 0.1) is 22.2 Å². The van der Waals surface area contributed by atoms with E-state index in [1.807, 2.05) is 45.0 Å². The van der Waals surface area contributed by atoms with Gasteiger partial charge in [-0.1, -0.05) is 45.8 Å². The Morgan fingerprint density at radius 1 is 0.950 bits per heavy atom. The first kappa shape index (κ1) is 31.6. The summed E-state index contributed by atoms with van der Waals surface area (Å²) < 4.78 is 35.6. The highest BCUT2D eigenvalue weighted by atomic mass is 79.9. The lowest BCUT2D eigenvalue weighted by molar-refractivity contribution is -0.139. The predicted molar refractivity (Wildman–Crippen MR) is 164 cm³/mol. The molecule has 0 unspecified atom stereocenters. The number of benzene rings is 3. The summed E-state index contributed by atoms with van der Waals surface area (Å²) in [5, 5.41) is 2.85. The Morgan fingerprint density at radius 3 is 2.12 bits per heavy atom. The van der Waals surface area contributed by atoms with Crippen LogP contribution in [0, 0.1) is 6.92 Å². The van der Waals surface area contributed by atoms with Gasteiger partial charge in [0.1, 0.15) is 18.3 Å². The molecule has 0 fully saturated rings. The first-order chi connectivity index (χ1) is 18.8. The standard InChI is InChI=1S/C29H33Br2N3O5S/c1-19(2)32-29(36)21(4)33(17-22-8-10-23(30)11-9-22)28(35)18-34(24-12-6-20(3)7-13-24)40(37,38)25-14-15-27(39-5)26(31)16-25/h6-16,19,21H,17-18H2,1-5H3,(H,32,36)/t21-/m0/s1. The van der Waals surface area contributed by atoms with Gasteiger partial charge in [0.15, 0.2) is 0 Å². The number of nitrogens with one attached hydrogen (secondary N) is 1. The van der Waals surface area contributed by atoms with Crippen molar-refractivity contribution in [3.8, 4) is 5.75 Å². The van der Waals surface area contributed by atoms with E-state index in [0.717, 1.165) is 19.9 Å². The summed E-state index contributed by atoms with van der Waals surface area (Å²) >= 11 is 6.77. The van der Waals surface area contributed by atoms with Crippen molar-refractivity contribution in [2.45, 2.75) is 51.2 Å². The second-order valence-corrected chi connectivity index (χ2v) is 13.3. The van der Waals surface area contributed by atoms with Gasteiger partial charge in [-0.25, -0.2) is 8.42 Å². The topological polar surface area (TPSA) is 96.0 Å². The maximum absolute atomic E-state index is 14.0. The smallest absolute Gasteiger partial charge is 0.264 e. The van der Waals surface area contributed by atoms with Gasteiger partial charge in [-0.05, 0) is 91.7 Å². The highest BCUT2D eigenvalue weighted by Gasteiger charge is 2.33. The fraction of sp³-hybridized carbons (Fsp3) is 0.310. The number of carbonyl (C=O) groups excluding carboxylic acids is 2. The number of nitrogens with zero attached hydrogens (tertiary/aromatic N) is 2. The summed E-state index contributed by atoms with van der Waals surface area (Å²) in [6, 6.07) is 17.7. The van der Waals surface area contributed by atoms with Crippen molar-refractivity contribution in [1.29, 1.82) is 0 Å². The number of aryl methyl sites for hydroxylation is 1. The van der Waals surface area contributed by atoms with Gasteiger partial charge in [0.25, 0.3) is 10.0 Å². The van der Waals surface area contributed by atoms with Crippen molar-refractivity contribution >= 4 is 59.4 Å². The molecule has 0 heterocycles. The molecule has 0 aliphatic rings. The molecule has 8 nitrogen and oxygen atoms in total. The molecule has 40 heavy (non-hydrogen) atoms. The number of rotatable bonds is 11. The molecular formula is C29H33Br2N3O5S. The third kappa shape index (κ3) is 7.86. The Balaban J connectivity index is 2.04. The Labute approximate surface area is 253 Å². The van der Waals surface area contributed by atoms with Crippen molar-refractivity contribution in [1.82, 2.24) is 10.2 Å². The Hall–Kier alpha value is -2.89. The maximum Gasteiger partial charge on any atom is 0.264 e. The van der Waals surface area contributed by atoms with Crippen LogP contribution in [0.4, 0.5) is 5.69 Å². The van der Waals surface area contributed by atoms with Gasteiger partial charge < -0.3 is 15.0 Å². The Kier molecular flexibility index (Phi) is 10.8. The molecule has 0 aromatic heterocycles. The average Bonchev–Trinajstić information content (AvgIpc) is 2.91. The SMILES string of the molecule is COc1ccc(S(=O)(=O)N(CC(=O)N(Cc2ccc(Br)cc2)[C@@H](C)C(=O)NC(C)C)c2ccc(C)cc2)cc1Br. The zero-order valence-corrected chi connectivity index (χ0v) is 27.0. The van der Waals surface area contributed by atoms with E-state index in [-0.39, 0.29) is 23.4 Å². The van der Waals surface area contributed by atoms with Gasteiger partial charge in [0.2, 0.25) is 11.8 Å². The molecule has 0 saturated heterocycles. The summed E-state index contributed by atoms with van der Waals surface area (Å²) in [7, 11) is -2.70. The van der Waals surface area contributed by atoms with E-state index in [2.05, 4.69) is 37.2 Å². The quantitative estimate of drug-likeness (QED) is 0.279. The number of hydrogen-bond acceptors (Lipinski definition) is 5. The van der Waals surface area contributed by atoms with Crippen molar-refractivity contribution in [2.24, 2.45) is 0 Å². The van der Waals surface area contributed by atoms with Crippen LogP contribution in [-0.2, 0) is 26.2 Å². The number of hydrogen-bond donors (Lipinski definition) is 1. The van der Waals surface area contributed by atoms with E-state index < -0.39 is 28.5 Å². The van der Waals surface area contributed by atoms with Crippen LogP contribution in [0.2, 0.25) is 0 Å². The van der Waals surface area contributed by atoms with Crippen LogP contribution in [0.15, 0.2) is 80.6 Å². The van der Waals surface area contributed by atoms with Crippen molar-refractivity contribution in [2.75, 3.05) is 18.0 Å². The van der Waals surface area contributed by atoms with Gasteiger partial charge in [-0.2, -0.15) is 0 Å². The molecule has 0 bridgehead atoms. The molecule has 1 N–H and O–H groups in total. The number of methoxy groups -OCH3 is 1. The van der Waals surface area contributed by atoms with Crippen molar-refractivity contribution in [3.63, 3.8) is 0 Å². The highest BCUT2D eigenvalue weighted by Crippen LogP contribution is 2.31. The molecule has 3 rings (SSSR count). The summed E-state index contributed by atoms with van der Waals surface area (Å²) in [4.78, 5) is 28.3. The summed E-state index contributed by atoms with van der Waals surface area (Å²) in [5.41, 5.74) is 2.06. The van der Waals surface area contributed by atoms with Gasteiger partial charge >= 0.3 is 0 Å². The van der Waals surface area contributed by atoms with Crippen LogP contribution >= 0.6 is 31.9 Å². The Bertz CT molecular complexity index is 1450. The van der Waals surface area contributed by atoms with Crippen molar-refractivity contribution < 1.29 is 22.7 Å². The van der Waals surface area contributed by atoms with Crippen LogP contribution in [0.1, 0.15) is 31.9 Å². The largest absolute Gasteiger partial charge is 0.496 e. The molecule has 0 spiro atoms. The van der Waals surface area contributed by atoms with Gasteiger partial charge in [-0.15, -0.1) is 0 Å². The van der Waals surface area contributed by atoms with E-state index >= 15 is 0 Å². The minimum atomic E-state index is -4.19. The second-order valence-electron chi connectivity index (χ2n) is 9.63. The minimum absolute atomic E-state index is 0.0152. The molecule has 0 aliphatic heterocycles. The van der Waals surface area contributed by atoms with Crippen LogP contribution in [0.25, 0.3) is 0 Å². The first-order valence-electron chi connectivity index (χ1n) is 12.6. The summed E-state index contributed by atoms with van der Waals surface area (Å²) in [5.74, 6) is -0.377. The molecule has 11 heteroatoms. The molecular weight excluding hydrogens is 662 g/mol. The second kappa shape index (κ2) is 13.6. The number of ether oxygens (including phenoxy) is 1. The molecule has 0 radical (unpaired) electrons. The summed E-state index contributed by atoms with van der Waals surface area (Å²) in [6.45, 7) is 6.82. The minimum Gasteiger partial charge on any atom is -0.496 e. The van der Waals surface area contributed by atoms with Crippen LogP contribution in [-0.4, -0.2) is 50.9 Å². The molecule has 0 aliphatic carbocycles. The number of sulfonamides is 1. The predicted octanol–water partition coefficient (Wildman–Crippen LogP) is 5.67. The molecule has 214 valence electrons. The highest BCUT2D eigenvalue weighted by molar-refractivity contribution is 9.10. The van der Waals surface area contributed by atoms with Crippen LogP contribution < -0.4 is 14.4 Å². The third-order valence-corrected chi connectivity index (χ3v) is 9.09. The van der Waals surface area contributed by atoms with E-state index in [1.54, 1.807) is 37.3 Å². The van der Waals surface area contributed by atoms with Crippen LogP contribution in [0.3, 0.4) is 0 Å². The average molecular weight is 695 g/mol. The fourth-order valence-electron chi connectivity index (χ4n) is 3.95. The van der Waals surface area contributed by atoms with Crippen molar-refractivity contribution in [3.05, 3.63) is 86.8 Å². The monoisotopic (exact) mass is 693 g/mol. The molecule has 3 aromatic rings. The lowest BCUT2D eigenvalue weighted by Gasteiger charge is -2.32. The van der Waals surface area contributed by atoms with Gasteiger partial charge in [0, 0.05) is 17.1 Å². The zero-order valence-electron chi connectivity index (χ0n) is 23.0. The van der Waals surface area contributed by atoms with Crippen LogP contribution in [0.5, 0.6) is 5.75 Å². The van der Waals surface area contributed by atoms with E-state index in [9.17, 15) is 18.0 Å². The third-order valence-electron chi connectivity index (χ3n) is 6.18. The Morgan fingerprint density at radius 2 is 1.57 bits per heavy atom. The van der Waals surface area contributed by atoms with Gasteiger partial charge in [-0.3, -0.25) is 13.9 Å². The molecule has 0 saturated carbocycles. The van der Waals surface area contributed by atoms with E-state index in [1.165, 1.54) is 24.1 Å². The maximum atomic E-state index is 14.0.